The fourth-order valence-corrected chi connectivity index (χ4v) is 1.69. The maximum absolute atomic E-state index is 4.31. The molecule has 0 saturated carbocycles. The number of hydrogen-bond acceptors (Lipinski definition) is 2. The second-order valence-electron chi connectivity index (χ2n) is 3.35. The Morgan fingerprint density at radius 1 is 0.933 bits per heavy atom. The molecule has 3 nitrogen and oxygen atoms in total. The molecule has 0 aliphatic carbocycles. The average molecular weight is 195 g/mol. The van der Waals surface area contributed by atoms with Gasteiger partial charge in [0.25, 0.3) is 0 Å². The van der Waals surface area contributed by atoms with Crippen LogP contribution in [0.15, 0.2) is 48.8 Å². The molecule has 0 spiro atoms. The molecular formula is C12H9N3. The lowest BCUT2D eigenvalue weighted by Gasteiger charge is -1.95. The number of hydrogen-bond donors (Lipinski definition) is 1. The Kier molecular flexibility index (Phi) is 1.75. The van der Waals surface area contributed by atoms with Gasteiger partial charge in [0, 0.05) is 23.3 Å². The van der Waals surface area contributed by atoms with Gasteiger partial charge in [0.1, 0.15) is 5.69 Å². The molecule has 0 aliphatic heterocycles. The van der Waals surface area contributed by atoms with Gasteiger partial charge in [-0.25, -0.2) is 0 Å². The summed E-state index contributed by atoms with van der Waals surface area (Å²) in [5.41, 5.74) is 3.12. The lowest BCUT2D eigenvalue weighted by molar-refractivity contribution is 1.12. The summed E-state index contributed by atoms with van der Waals surface area (Å²) in [6, 6.07) is 12.0. The number of rotatable bonds is 1. The van der Waals surface area contributed by atoms with Crippen LogP contribution in [-0.2, 0) is 0 Å². The lowest BCUT2D eigenvalue weighted by atomic mass is 10.1. The number of aromatic nitrogens is 3. The fourth-order valence-electron chi connectivity index (χ4n) is 1.69. The van der Waals surface area contributed by atoms with Crippen LogP contribution in [0, 0.1) is 0 Å². The van der Waals surface area contributed by atoms with Gasteiger partial charge in [0.15, 0.2) is 0 Å². The fraction of sp³-hybridized carbons (Fsp3) is 0. The minimum Gasteiger partial charge on any atom is -0.277 e. The van der Waals surface area contributed by atoms with E-state index in [0.29, 0.717) is 0 Å². The van der Waals surface area contributed by atoms with Crippen LogP contribution in [0.1, 0.15) is 0 Å². The SMILES string of the molecule is c1ccc2c(-c3ccncc3)n[nH]c2c1. The average Bonchev–Trinajstić information content (AvgIpc) is 2.74. The zero-order valence-corrected chi connectivity index (χ0v) is 8.01. The van der Waals surface area contributed by atoms with E-state index in [1.165, 1.54) is 0 Å². The smallest absolute Gasteiger partial charge is 0.100 e. The van der Waals surface area contributed by atoms with Crippen molar-refractivity contribution < 1.29 is 0 Å². The van der Waals surface area contributed by atoms with Gasteiger partial charge in [0.2, 0.25) is 0 Å². The van der Waals surface area contributed by atoms with Crippen LogP contribution in [0.5, 0.6) is 0 Å². The number of para-hydroxylation sites is 1. The standard InChI is InChI=1S/C12H9N3/c1-2-4-11-10(3-1)12(15-14-11)9-5-7-13-8-6-9/h1-8H,(H,14,15). The van der Waals surface area contributed by atoms with Gasteiger partial charge in [-0.3, -0.25) is 10.1 Å². The van der Waals surface area contributed by atoms with E-state index in [9.17, 15) is 0 Å². The molecule has 0 aliphatic rings. The number of H-pyrrole nitrogens is 1. The van der Waals surface area contributed by atoms with Crippen molar-refractivity contribution in [1.29, 1.82) is 0 Å². The molecule has 3 rings (SSSR count). The summed E-state index contributed by atoms with van der Waals surface area (Å²) in [4.78, 5) is 4.00. The molecule has 72 valence electrons. The van der Waals surface area contributed by atoms with Gasteiger partial charge in [-0.05, 0) is 18.2 Å². The first-order valence-corrected chi connectivity index (χ1v) is 4.78. The van der Waals surface area contributed by atoms with Crippen molar-refractivity contribution in [2.45, 2.75) is 0 Å². The highest BCUT2D eigenvalue weighted by molar-refractivity contribution is 5.92. The summed E-state index contributed by atoms with van der Waals surface area (Å²) in [5, 5.41) is 8.47. The Bertz CT molecular complexity index is 584. The van der Waals surface area contributed by atoms with E-state index in [1.54, 1.807) is 12.4 Å². The van der Waals surface area contributed by atoms with Crippen LogP contribution >= 0.6 is 0 Å². The first-order valence-electron chi connectivity index (χ1n) is 4.78. The first kappa shape index (κ1) is 8.17. The molecule has 1 aromatic carbocycles. The highest BCUT2D eigenvalue weighted by Gasteiger charge is 2.05. The van der Waals surface area contributed by atoms with E-state index < -0.39 is 0 Å². The Hall–Kier alpha value is -2.16. The Labute approximate surface area is 86.8 Å². The molecule has 0 amide bonds. The van der Waals surface area contributed by atoms with Crippen molar-refractivity contribution in [3.63, 3.8) is 0 Å². The monoisotopic (exact) mass is 195 g/mol. The predicted molar refractivity (Wildman–Crippen MR) is 59.3 cm³/mol. The Morgan fingerprint density at radius 2 is 1.73 bits per heavy atom. The van der Waals surface area contributed by atoms with Crippen molar-refractivity contribution in [2.24, 2.45) is 0 Å². The third kappa shape index (κ3) is 1.29. The van der Waals surface area contributed by atoms with Crippen LogP contribution in [0.2, 0.25) is 0 Å². The maximum atomic E-state index is 4.31. The summed E-state index contributed by atoms with van der Waals surface area (Å²) < 4.78 is 0. The summed E-state index contributed by atoms with van der Waals surface area (Å²) >= 11 is 0. The Balaban J connectivity index is 2.28. The van der Waals surface area contributed by atoms with Crippen molar-refractivity contribution in [3.8, 4) is 11.3 Å². The van der Waals surface area contributed by atoms with Crippen molar-refractivity contribution >= 4 is 10.9 Å². The van der Waals surface area contributed by atoms with E-state index in [0.717, 1.165) is 22.2 Å². The Morgan fingerprint density at radius 3 is 2.60 bits per heavy atom. The quantitative estimate of drug-likeness (QED) is 0.648. The maximum Gasteiger partial charge on any atom is 0.100 e. The van der Waals surface area contributed by atoms with Gasteiger partial charge < -0.3 is 0 Å². The van der Waals surface area contributed by atoms with Gasteiger partial charge >= 0.3 is 0 Å². The van der Waals surface area contributed by atoms with E-state index in [2.05, 4.69) is 21.2 Å². The molecule has 3 heteroatoms. The van der Waals surface area contributed by atoms with Crippen molar-refractivity contribution in [3.05, 3.63) is 48.8 Å². The van der Waals surface area contributed by atoms with Gasteiger partial charge in [-0.1, -0.05) is 18.2 Å². The molecular weight excluding hydrogens is 186 g/mol. The molecule has 0 radical (unpaired) electrons. The van der Waals surface area contributed by atoms with E-state index >= 15 is 0 Å². The van der Waals surface area contributed by atoms with Crippen LogP contribution in [0.25, 0.3) is 22.2 Å². The third-order valence-electron chi connectivity index (χ3n) is 2.42. The summed E-state index contributed by atoms with van der Waals surface area (Å²) in [6.07, 6.45) is 3.55. The van der Waals surface area contributed by atoms with Crippen LogP contribution in [-0.4, -0.2) is 15.2 Å². The first-order chi connectivity index (χ1) is 7.45. The lowest BCUT2D eigenvalue weighted by Crippen LogP contribution is -1.78. The topological polar surface area (TPSA) is 41.6 Å². The zero-order chi connectivity index (χ0) is 10.1. The number of aromatic amines is 1. The molecule has 0 unspecified atom stereocenters. The molecule has 0 atom stereocenters. The highest BCUT2D eigenvalue weighted by Crippen LogP contribution is 2.24. The summed E-state index contributed by atoms with van der Waals surface area (Å²) in [7, 11) is 0. The van der Waals surface area contributed by atoms with Crippen LogP contribution in [0.3, 0.4) is 0 Å². The van der Waals surface area contributed by atoms with Crippen molar-refractivity contribution in [2.75, 3.05) is 0 Å². The van der Waals surface area contributed by atoms with Gasteiger partial charge in [-0.2, -0.15) is 5.10 Å². The predicted octanol–water partition coefficient (Wildman–Crippen LogP) is 2.62. The zero-order valence-electron chi connectivity index (χ0n) is 8.01. The number of benzene rings is 1. The molecule has 0 fully saturated rings. The second kappa shape index (κ2) is 3.20. The van der Waals surface area contributed by atoms with E-state index in [-0.39, 0.29) is 0 Å². The summed E-state index contributed by atoms with van der Waals surface area (Å²) in [5.74, 6) is 0. The minimum atomic E-state index is 0.980. The highest BCUT2D eigenvalue weighted by atomic mass is 15.1. The molecule has 2 aromatic heterocycles. The van der Waals surface area contributed by atoms with Gasteiger partial charge in [0.05, 0.1) is 5.52 Å². The second-order valence-corrected chi connectivity index (χ2v) is 3.35. The largest absolute Gasteiger partial charge is 0.277 e. The van der Waals surface area contributed by atoms with Crippen LogP contribution in [0.4, 0.5) is 0 Å². The molecule has 2 heterocycles. The summed E-state index contributed by atoms with van der Waals surface area (Å²) in [6.45, 7) is 0. The third-order valence-corrected chi connectivity index (χ3v) is 2.42. The normalized spacial score (nSPS) is 10.7. The molecule has 15 heavy (non-hydrogen) atoms. The van der Waals surface area contributed by atoms with Crippen molar-refractivity contribution in [1.82, 2.24) is 15.2 Å². The van der Waals surface area contributed by atoms with E-state index in [1.807, 2.05) is 30.3 Å². The van der Waals surface area contributed by atoms with E-state index in [4.69, 9.17) is 0 Å². The van der Waals surface area contributed by atoms with Gasteiger partial charge in [-0.15, -0.1) is 0 Å². The minimum absolute atomic E-state index is 0.980. The molecule has 3 aromatic rings. The number of nitrogens with one attached hydrogen (secondary N) is 1. The molecule has 1 N–H and O–H groups in total. The molecule has 0 bridgehead atoms. The number of nitrogens with zero attached hydrogens (tertiary/aromatic N) is 2. The number of pyridine rings is 1. The van der Waals surface area contributed by atoms with Crippen LogP contribution < -0.4 is 0 Å². The molecule has 0 saturated heterocycles. The number of fused-ring (bicyclic) bond motifs is 1.